The minimum Gasteiger partial charge on any atom is -0.384 e. The van der Waals surface area contributed by atoms with Gasteiger partial charge in [-0.3, -0.25) is 15.1 Å². The molecule has 0 unspecified atom stereocenters. The van der Waals surface area contributed by atoms with Crippen molar-refractivity contribution in [2.24, 2.45) is 0 Å². The summed E-state index contributed by atoms with van der Waals surface area (Å²) in [5.41, 5.74) is 8.28. The van der Waals surface area contributed by atoms with Crippen molar-refractivity contribution in [1.82, 2.24) is 10.3 Å². The third-order valence-electron chi connectivity index (χ3n) is 5.53. The van der Waals surface area contributed by atoms with Crippen molar-refractivity contribution < 1.29 is 13.6 Å². The monoisotopic (exact) mass is 446 g/mol. The quantitative estimate of drug-likeness (QED) is 0.413. The highest BCUT2D eigenvalue weighted by Gasteiger charge is 2.37. The first-order valence-electron chi connectivity index (χ1n) is 10.0. The molecule has 3 aromatic rings. The molecule has 0 bridgehead atoms. The Morgan fingerprint density at radius 1 is 1.24 bits per heavy atom. The molecule has 1 aliphatic heterocycles. The van der Waals surface area contributed by atoms with Crippen LogP contribution in [-0.4, -0.2) is 23.8 Å². The molecule has 0 saturated carbocycles. The first-order valence-corrected chi connectivity index (χ1v) is 10.0. The lowest BCUT2D eigenvalue weighted by Crippen LogP contribution is -2.24. The number of nitrogens with one attached hydrogen (secondary N) is 2. The summed E-state index contributed by atoms with van der Waals surface area (Å²) >= 11 is 0. The molecule has 0 spiro atoms. The molecule has 0 aliphatic carbocycles. The van der Waals surface area contributed by atoms with E-state index in [1.807, 2.05) is 0 Å². The maximum Gasteiger partial charge on any atom is 0.270 e. The van der Waals surface area contributed by atoms with Gasteiger partial charge in [-0.05, 0) is 53.1 Å². The molecule has 0 atom stereocenters. The third kappa shape index (κ3) is 3.87. The van der Waals surface area contributed by atoms with E-state index in [1.165, 1.54) is 23.1 Å². The van der Waals surface area contributed by atoms with Crippen molar-refractivity contribution in [3.05, 3.63) is 76.3 Å². The Bertz CT molecular complexity index is 1340. The number of anilines is 2. The Balaban J connectivity index is 1.83. The molecular weight excluding hydrogens is 426 g/mol. The molecule has 166 valence electrons. The first-order chi connectivity index (χ1) is 15.6. The predicted molar refractivity (Wildman–Crippen MR) is 121 cm³/mol. The molecule has 2 aromatic carbocycles. The number of nitriles is 1. The highest BCUT2D eigenvalue weighted by molar-refractivity contribution is 6.10. The fraction of sp³-hybridized carbons (Fsp3) is 0.167. The number of pyridine rings is 1. The number of carbonyl (C=O) groups excluding carboxylic acids is 1. The van der Waals surface area contributed by atoms with E-state index in [4.69, 9.17) is 11.1 Å². The number of rotatable bonds is 4. The van der Waals surface area contributed by atoms with E-state index in [-0.39, 0.29) is 40.7 Å². The number of halogens is 2. The van der Waals surface area contributed by atoms with E-state index in [0.29, 0.717) is 22.3 Å². The van der Waals surface area contributed by atoms with Crippen LogP contribution in [0.4, 0.5) is 20.4 Å². The summed E-state index contributed by atoms with van der Waals surface area (Å²) in [5.74, 6) is -3.12. The van der Waals surface area contributed by atoms with Crippen LogP contribution in [0, 0.1) is 16.7 Å². The minimum absolute atomic E-state index is 0.0684. The number of amides is 1. The fourth-order valence-corrected chi connectivity index (χ4v) is 3.97. The number of aromatic nitrogens is 1. The Morgan fingerprint density at radius 3 is 2.67 bits per heavy atom. The molecule has 4 rings (SSSR count). The van der Waals surface area contributed by atoms with Crippen molar-refractivity contribution >= 4 is 23.4 Å². The first kappa shape index (κ1) is 21.9. The van der Waals surface area contributed by atoms with Gasteiger partial charge in [0.2, 0.25) is 0 Å². The highest BCUT2D eigenvalue weighted by Crippen LogP contribution is 2.38. The highest BCUT2D eigenvalue weighted by atomic mass is 19.3. The van der Waals surface area contributed by atoms with Crippen LogP contribution in [0.3, 0.4) is 0 Å². The molecule has 9 heteroatoms. The van der Waals surface area contributed by atoms with Crippen LogP contribution in [0.15, 0.2) is 48.5 Å². The summed E-state index contributed by atoms with van der Waals surface area (Å²) < 4.78 is 28.2. The lowest BCUT2D eigenvalue weighted by atomic mass is 9.97. The van der Waals surface area contributed by atoms with Gasteiger partial charge in [0, 0.05) is 30.7 Å². The van der Waals surface area contributed by atoms with Crippen molar-refractivity contribution in [3.63, 3.8) is 0 Å². The molecule has 0 saturated heterocycles. The van der Waals surface area contributed by atoms with Gasteiger partial charge in [-0.15, -0.1) is 0 Å². The van der Waals surface area contributed by atoms with Gasteiger partial charge in [-0.1, -0.05) is 12.1 Å². The number of hydrogen-bond donors (Lipinski definition) is 3. The molecule has 7 nitrogen and oxygen atoms in total. The van der Waals surface area contributed by atoms with E-state index in [2.05, 4.69) is 16.4 Å². The van der Waals surface area contributed by atoms with E-state index in [9.17, 15) is 18.8 Å². The number of nitrogens with two attached hydrogens (primary N) is 1. The molecule has 33 heavy (non-hydrogen) atoms. The SMILES string of the molecule is CNC(=N)c1ccc(C#N)cc1-c1cc(N)nc(N2Cc3c(cccc3C(C)(F)F)C2=O)c1. The predicted octanol–water partition coefficient (Wildman–Crippen LogP) is 4.02. The molecule has 1 aliphatic rings. The fourth-order valence-electron chi connectivity index (χ4n) is 3.97. The molecule has 4 N–H and O–H groups in total. The Labute approximate surface area is 189 Å². The number of alkyl halides is 2. The number of nitrogens with zero attached hydrogens (tertiary/aromatic N) is 3. The average molecular weight is 446 g/mol. The summed E-state index contributed by atoms with van der Waals surface area (Å²) in [5, 5.41) is 20.3. The van der Waals surface area contributed by atoms with E-state index in [1.54, 1.807) is 37.4 Å². The van der Waals surface area contributed by atoms with Gasteiger partial charge < -0.3 is 11.1 Å². The Hall–Kier alpha value is -4.32. The van der Waals surface area contributed by atoms with Gasteiger partial charge in [0.25, 0.3) is 11.8 Å². The number of amidine groups is 1. The lowest BCUT2D eigenvalue weighted by molar-refractivity contribution is 0.0166. The zero-order chi connectivity index (χ0) is 23.9. The molecule has 0 fully saturated rings. The van der Waals surface area contributed by atoms with Gasteiger partial charge in [-0.2, -0.15) is 5.26 Å². The van der Waals surface area contributed by atoms with Crippen LogP contribution < -0.4 is 16.0 Å². The van der Waals surface area contributed by atoms with Gasteiger partial charge in [0.15, 0.2) is 0 Å². The van der Waals surface area contributed by atoms with Crippen molar-refractivity contribution in [2.75, 3.05) is 17.7 Å². The molecule has 2 heterocycles. The zero-order valence-corrected chi connectivity index (χ0v) is 17.9. The smallest absolute Gasteiger partial charge is 0.270 e. The van der Waals surface area contributed by atoms with Gasteiger partial charge in [0.1, 0.15) is 17.5 Å². The molecule has 1 amide bonds. The Kier molecular flexibility index (Phi) is 5.30. The number of hydrogen-bond acceptors (Lipinski definition) is 5. The van der Waals surface area contributed by atoms with E-state index in [0.717, 1.165) is 6.92 Å². The maximum absolute atomic E-state index is 14.1. The van der Waals surface area contributed by atoms with Crippen molar-refractivity contribution in [2.45, 2.75) is 19.4 Å². The number of carbonyl (C=O) groups is 1. The standard InChI is InChI=1S/C24H20F2N6O/c1-24(25,26)19-5-3-4-16-18(19)12-32(23(16)33)21-10-14(9-20(28)31-21)17-8-13(11-27)6-7-15(17)22(29)30-2/h3-10H,12H2,1-2H3,(H2,28,31)(H2,29,30). The number of fused-ring (bicyclic) bond motifs is 1. The van der Waals surface area contributed by atoms with Crippen LogP contribution in [0.5, 0.6) is 0 Å². The van der Waals surface area contributed by atoms with Crippen molar-refractivity contribution in [3.8, 4) is 17.2 Å². The van der Waals surface area contributed by atoms with Crippen molar-refractivity contribution in [1.29, 1.82) is 10.7 Å². The second-order valence-corrected chi connectivity index (χ2v) is 7.75. The van der Waals surface area contributed by atoms with Gasteiger partial charge >= 0.3 is 0 Å². The minimum atomic E-state index is -3.10. The van der Waals surface area contributed by atoms with Gasteiger partial charge in [0.05, 0.1) is 18.2 Å². The largest absolute Gasteiger partial charge is 0.384 e. The number of benzene rings is 2. The summed E-state index contributed by atoms with van der Waals surface area (Å²) in [6.07, 6.45) is 0. The summed E-state index contributed by atoms with van der Waals surface area (Å²) in [6.45, 7) is 0.730. The van der Waals surface area contributed by atoms with Crippen LogP contribution in [0.2, 0.25) is 0 Å². The topological polar surface area (TPSA) is 119 Å². The van der Waals surface area contributed by atoms with Crippen LogP contribution >= 0.6 is 0 Å². The zero-order valence-electron chi connectivity index (χ0n) is 17.9. The summed E-state index contributed by atoms with van der Waals surface area (Å²) in [4.78, 5) is 18.6. The van der Waals surface area contributed by atoms with Gasteiger partial charge in [-0.25, -0.2) is 13.8 Å². The summed E-state index contributed by atoms with van der Waals surface area (Å²) in [6, 6.07) is 14.4. The van der Waals surface area contributed by atoms with E-state index >= 15 is 0 Å². The van der Waals surface area contributed by atoms with Crippen LogP contribution in [0.25, 0.3) is 11.1 Å². The second kappa shape index (κ2) is 7.98. The normalized spacial score (nSPS) is 12.9. The van der Waals surface area contributed by atoms with Crippen LogP contribution in [0.1, 0.15) is 39.5 Å². The lowest BCUT2D eigenvalue weighted by Gasteiger charge is -2.18. The third-order valence-corrected chi connectivity index (χ3v) is 5.53. The molecule has 1 aromatic heterocycles. The second-order valence-electron chi connectivity index (χ2n) is 7.75. The molecular formula is C24H20F2N6O. The maximum atomic E-state index is 14.1. The van der Waals surface area contributed by atoms with Crippen LogP contribution in [-0.2, 0) is 12.5 Å². The molecule has 0 radical (unpaired) electrons. The summed E-state index contributed by atoms with van der Waals surface area (Å²) in [7, 11) is 1.61. The Morgan fingerprint density at radius 2 is 2.00 bits per heavy atom. The number of nitrogen functional groups attached to an aromatic ring is 1. The average Bonchev–Trinajstić information content (AvgIpc) is 3.13. The van der Waals surface area contributed by atoms with E-state index < -0.39 is 11.8 Å².